The Morgan fingerprint density at radius 1 is 0.324 bits per heavy atom. The van der Waals surface area contributed by atoms with E-state index in [1.54, 1.807) is 0 Å². The van der Waals surface area contributed by atoms with E-state index < -0.39 is 0 Å². The first-order valence-electron chi connectivity index (χ1n) is 18.1. The van der Waals surface area contributed by atoms with E-state index >= 15 is 0 Å². The van der Waals surface area contributed by atoms with Crippen LogP contribution >= 0.6 is 0 Å². The first-order valence-corrected chi connectivity index (χ1v) is 18.1. The second kappa shape index (κ2) is 29.0. The van der Waals surface area contributed by atoms with Crippen LogP contribution in [0.15, 0.2) is 0 Å². The quantitative estimate of drug-likeness (QED) is 0.0826. The smallest absolute Gasteiger partial charge is 0.0386 e. The molecule has 0 heterocycles. The van der Waals surface area contributed by atoms with Crippen molar-refractivity contribution >= 4 is 0 Å². The Morgan fingerprint density at radius 2 is 0.568 bits per heavy atom. The summed E-state index contributed by atoms with van der Waals surface area (Å²) < 4.78 is 0. The summed E-state index contributed by atoms with van der Waals surface area (Å²) in [6, 6.07) is 0. The first-order chi connectivity index (χ1) is 18.1. The van der Waals surface area contributed by atoms with Crippen LogP contribution in [-0.4, -0.2) is 0 Å². The van der Waals surface area contributed by atoms with Gasteiger partial charge in [-0.1, -0.05) is 202 Å². The minimum Gasteiger partial charge on any atom is -0.0654 e. The van der Waals surface area contributed by atoms with Crippen molar-refractivity contribution < 1.29 is 0 Å². The van der Waals surface area contributed by atoms with E-state index in [9.17, 15) is 0 Å². The van der Waals surface area contributed by atoms with Gasteiger partial charge in [-0.25, -0.2) is 0 Å². The number of rotatable bonds is 30. The molecular formula is C37H76. The van der Waals surface area contributed by atoms with Gasteiger partial charge in [-0.15, -0.1) is 0 Å². The molecule has 4 unspecified atom stereocenters. The molecule has 0 aromatic heterocycles. The molecule has 224 valence electrons. The summed E-state index contributed by atoms with van der Waals surface area (Å²) in [6.45, 7) is 14.6. The van der Waals surface area contributed by atoms with Crippen LogP contribution < -0.4 is 0 Å². The minimum absolute atomic E-state index is 0.926. The third-order valence-electron chi connectivity index (χ3n) is 9.48. The molecule has 0 N–H and O–H groups in total. The zero-order chi connectivity index (χ0) is 27.4. The topological polar surface area (TPSA) is 0 Å². The Hall–Kier alpha value is 0. The fraction of sp³-hybridized carbons (Fsp3) is 1.00. The van der Waals surface area contributed by atoms with Crippen molar-refractivity contribution in [2.24, 2.45) is 23.7 Å². The SMILES string of the molecule is CCCCCCCCCCCCCCCCCCC(C)CC(CC)C(CC)CC(C)CCCCCCC. The lowest BCUT2D eigenvalue weighted by Gasteiger charge is -2.30. The standard InChI is InChI=1S/C37H76/c1-7-11-13-15-16-17-18-19-20-21-22-23-24-25-27-29-31-35(6)33-37(10-4)36(9-3)32-34(5)30-28-26-14-12-8-2/h34-37H,7-33H2,1-6H3. The van der Waals surface area contributed by atoms with Crippen molar-refractivity contribution in [3.05, 3.63) is 0 Å². The molecule has 0 saturated carbocycles. The molecule has 0 rings (SSSR count). The Labute approximate surface area is 238 Å². The Kier molecular flexibility index (Phi) is 29.0. The highest BCUT2D eigenvalue weighted by Crippen LogP contribution is 2.34. The van der Waals surface area contributed by atoms with Crippen LogP contribution in [0.4, 0.5) is 0 Å². The summed E-state index contributed by atoms with van der Waals surface area (Å²) in [4.78, 5) is 0. The van der Waals surface area contributed by atoms with Gasteiger partial charge in [-0.2, -0.15) is 0 Å². The van der Waals surface area contributed by atoms with Gasteiger partial charge < -0.3 is 0 Å². The van der Waals surface area contributed by atoms with Gasteiger partial charge >= 0.3 is 0 Å². The summed E-state index contributed by atoms with van der Waals surface area (Å²) >= 11 is 0. The normalized spacial score (nSPS) is 15.1. The van der Waals surface area contributed by atoms with Gasteiger partial charge in [0, 0.05) is 0 Å². The molecule has 0 spiro atoms. The van der Waals surface area contributed by atoms with Crippen LogP contribution in [0.25, 0.3) is 0 Å². The fourth-order valence-corrected chi connectivity index (χ4v) is 6.79. The van der Waals surface area contributed by atoms with Gasteiger partial charge in [-0.3, -0.25) is 0 Å². The Balaban J connectivity index is 3.72. The van der Waals surface area contributed by atoms with Crippen LogP contribution in [0.5, 0.6) is 0 Å². The molecule has 0 nitrogen and oxygen atoms in total. The van der Waals surface area contributed by atoms with Crippen molar-refractivity contribution in [2.75, 3.05) is 0 Å². The second-order valence-corrected chi connectivity index (χ2v) is 13.3. The summed E-state index contributed by atoms with van der Waals surface area (Å²) in [5, 5.41) is 0. The van der Waals surface area contributed by atoms with E-state index in [1.165, 1.54) is 173 Å². The molecule has 0 aliphatic carbocycles. The highest BCUT2D eigenvalue weighted by atomic mass is 14.3. The average molecular weight is 521 g/mol. The van der Waals surface area contributed by atoms with E-state index in [2.05, 4.69) is 41.5 Å². The fourth-order valence-electron chi connectivity index (χ4n) is 6.79. The van der Waals surface area contributed by atoms with E-state index in [-0.39, 0.29) is 0 Å². The van der Waals surface area contributed by atoms with Crippen LogP contribution in [0.1, 0.15) is 215 Å². The largest absolute Gasteiger partial charge is 0.0654 e. The molecule has 4 atom stereocenters. The van der Waals surface area contributed by atoms with Crippen molar-refractivity contribution in [1.82, 2.24) is 0 Å². The molecule has 0 bridgehead atoms. The molecule has 0 radical (unpaired) electrons. The molecular weight excluding hydrogens is 444 g/mol. The molecule has 37 heavy (non-hydrogen) atoms. The lowest BCUT2D eigenvalue weighted by atomic mass is 9.76. The highest BCUT2D eigenvalue weighted by molar-refractivity contribution is 4.73. The number of hydrogen-bond acceptors (Lipinski definition) is 0. The van der Waals surface area contributed by atoms with Crippen molar-refractivity contribution in [3.8, 4) is 0 Å². The number of hydrogen-bond donors (Lipinski definition) is 0. The number of unbranched alkanes of at least 4 members (excludes halogenated alkanes) is 19. The Bertz CT molecular complexity index is 412. The molecule has 0 aliphatic heterocycles. The van der Waals surface area contributed by atoms with Crippen molar-refractivity contribution in [3.63, 3.8) is 0 Å². The average Bonchev–Trinajstić information content (AvgIpc) is 2.90. The molecule has 0 aliphatic rings. The predicted octanol–water partition coefficient (Wildman–Crippen LogP) is 14.1. The maximum absolute atomic E-state index is 2.55. The second-order valence-electron chi connectivity index (χ2n) is 13.3. The van der Waals surface area contributed by atoms with Gasteiger partial charge in [0.25, 0.3) is 0 Å². The first kappa shape index (κ1) is 37.0. The third kappa shape index (κ3) is 24.8. The van der Waals surface area contributed by atoms with Gasteiger partial charge in [0.05, 0.1) is 0 Å². The monoisotopic (exact) mass is 521 g/mol. The van der Waals surface area contributed by atoms with E-state index in [0.29, 0.717) is 0 Å². The maximum Gasteiger partial charge on any atom is -0.0386 e. The van der Waals surface area contributed by atoms with Crippen LogP contribution in [0, 0.1) is 23.7 Å². The van der Waals surface area contributed by atoms with E-state index in [4.69, 9.17) is 0 Å². The lowest BCUT2D eigenvalue weighted by Crippen LogP contribution is -2.19. The zero-order valence-electron chi connectivity index (χ0n) is 27.4. The molecule has 0 fully saturated rings. The van der Waals surface area contributed by atoms with Crippen LogP contribution in [0.3, 0.4) is 0 Å². The summed E-state index contributed by atoms with van der Waals surface area (Å²) in [7, 11) is 0. The Morgan fingerprint density at radius 3 is 0.811 bits per heavy atom. The van der Waals surface area contributed by atoms with E-state index in [0.717, 1.165) is 23.7 Å². The summed E-state index contributed by atoms with van der Waals surface area (Å²) in [6.07, 6.45) is 39.4. The molecule has 0 aromatic carbocycles. The minimum atomic E-state index is 0.926. The van der Waals surface area contributed by atoms with Gasteiger partial charge in [0.15, 0.2) is 0 Å². The van der Waals surface area contributed by atoms with Gasteiger partial charge in [0.1, 0.15) is 0 Å². The molecule has 0 aromatic rings. The van der Waals surface area contributed by atoms with Crippen LogP contribution in [-0.2, 0) is 0 Å². The van der Waals surface area contributed by atoms with Crippen LogP contribution in [0.2, 0.25) is 0 Å². The van der Waals surface area contributed by atoms with Gasteiger partial charge in [-0.05, 0) is 36.5 Å². The highest BCUT2D eigenvalue weighted by Gasteiger charge is 2.22. The van der Waals surface area contributed by atoms with Crippen molar-refractivity contribution in [2.45, 2.75) is 215 Å². The maximum atomic E-state index is 2.55. The summed E-state index contributed by atoms with van der Waals surface area (Å²) in [5.41, 5.74) is 0. The van der Waals surface area contributed by atoms with Gasteiger partial charge in [0.2, 0.25) is 0 Å². The lowest BCUT2D eigenvalue weighted by molar-refractivity contribution is 0.211. The van der Waals surface area contributed by atoms with E-state index in [1.807, 2.05) is 0 Å². The zero-order valence-corrected chi connectivity index (χ0v) is 27.4. The summed E-state index contributed by atoms with van der Waals surface area (Å²) in [5.74, 6) is 3.78. The predicted molar refractivity (Wildman–Crippen MR) is 173 cm³/mol. The molecule has 0 heteroatoms. The van der Waals surface area contributed by atoms with Crippen molar-refractivity contribution in [1.29, 1.82) is 0 Å². The third-order valence-corrected chi connectivity index (χ3v) is 9.48. The molecule has 0 saturated heterocycles. The molecule has 0 amide bonds.